The Morgan fingerprint density at radius 3 is 2.17 bits per heavy atom. The molecule has 3 N–H and O–H groups in total. The van der Waals surface area contributed by atoms with Crippen molar-refractivity contribution in [1.29, 1.82) is 0 Å². The van der Waals surface area contributed by atoms with Crippen molar-refractivity contribution >= 4 is 23.2 Å². The maximum Gasteiger partial charge on any atom is 0.262 e. The second-order valence-corrected chi connectivity index (χ2v) is 6.18. The van der Waals surface area contributed by atoms with Crippen LogP contribution in [0.2, 0.25) is 0 Å². The predicted octanol–water partition coefficient (Wildman–Crippen LogP) is 4.24. The number of benzene rings is 1. The molecule has 7 nitrogen and oxygen atoms in total. The van der Waals surface area contributed by atoms with Crippen molar-refractivity contribution in [2.45, 2.75) is 0 Å². The lowest BCUT2D eigenvalue weighted by Crippen LogP contribution is -2.13. The number of nitrogens with zero attached hydrogens (tertiary/aromatic N) is 3. The van der Waals surface area contributed by atoms with Crippen LogP contribution in [0.25, 0.3) is 11.1 Å². The average Bonchev–Trinajstić information content (AvgIpc) is 2.75. The normalized spacial score (nSPS) is 10.3. The van der Waals surface area contributed by atoms with Crippen LogP contribution in [0.4, 0.5) is 17.3 Å². The summed E-state index contributed by atoms with van der Waals surface area (Å²) in [6.07, 6.45) is 4.74. The van der Waals surface area contributed by atoms with E-state index in [-0.39, 0.29) is 11.4 Å². The standard InChI is InChI=1S/C22H17N5O2/c28-21-18(7-4-10-25-21)22(29)27-20-14-16(9-12-24-20)15-8-11-23-19(13-15)26-17-5-2-1-3-6-17/h1-14H,(H,23,26)(H,25,28)(H,24,27,29). The van der Waals surface area contributed by atoms with Crippen molar-refractivity contribution in [2.75, 3.05) is 10.6 Å². The highest BCUT2D eigenvalue weighted by Gasteiger charge is 2.12. The summed E-state index contributed by atoms with van der Waals surface area (Å²) in [5.41, 5.74) is 2.80. The van der Waals surface area contributed by atoms with Crippen molar-refractivity contribution < 1.29 is 9.90 Å². The van der Waals surface area contributed by atoms with Crippen molar-refractivity contribution in [3.8, 4) is 17.0 Å². The Balaban J connectivity index is 1.55. The molecule has 1 amide bonds. The fourth-order valence-corrected chi connectivity index (χ4v) is 2.78. The van der Waals surface area contributed by atoms with Crippen LogP contribution < -0.4 is 10.6 Å². The average molecular weight is 383 g/mol. The van der Waals surface area contributed by atoms with Crippen LogP contribution >= 0.6 is 0 Å². The molecule has 4 aromatic rings. The first-order valence-corrected chi connectivity index (χ1v) is 8.89. The summed E-state index contributed by atoms with van der Waals surface area (Å²) >= 11 is 0. The molecule has 0 saturated heterocycles. The van der Waals surface area contributed by atoms with Crippen LogP contribution in [0.3, 0.4) is 0 Å². The molecule has 1 aromatic carbocycles. The third-order valence-electron chi connectivity index (χ3n) is 4.17. The zero-order valence-corrected chi connectivity index (χ0v) is 15.3. The number of carbonyl (C=O) groups is 1. The first kappa shape index (κ1) is 18.1. The van der Waals surface area contributed by atoms with Gasteiger partial charge in [-0.25, -0.2) is 15.0 Å². The monoisotopic (exact) mass is 383 g/mol. The van der Waals surface area contributed by atoms with Crippen molar-refractivity contribution in [3.05, 3.63) is 90.9 Å². The Kier molecular flexibility index (Phi) is 5.11. The van der Waals surface area contributed by atoms with Crippen LogP contribution in [0.5, 0.6) is 5.88 Å². The van der Waals surface area contributed by atoms with Gasteiger partial charge in [0, 0.05) is 24.3 Å². The fraction of sp³-hybridized carbons (Fsp3) is 0. The van der Waals surface area contributed by atoms with Gasteiger partial charge in [0.1, 0.15) is 17.2 Å². The Labute approximate surface area is 167 Å². The number of anilines is 3. The number of para-hydroxylation sites is 1. The molecule has 0 fully saturated rings. The summed E-state index contributed by atoms with van der Waals surface area (Å²) in [5, 5.41) is 15.7. The molecule has 3 heterocycles. The van der Waals surface area contributed by atoms with E-state index in [0.717, 1.165) is 16.8 Å². The summed E-state index contributed by atoms with van der Waals surface area (Å²) in [7, 11) is 0. The van der Waals surface area contributed by atoms with Crippen LogP contribution in [0, 0.1) is 0 Å². The SMILES string of the molecule is O=C(Nc1cc(-c2ccnc(Nc3ccccc3)c2)ccn1)c1cccnc1O. The van der Waals surface area contributed by atoms with E-state index in [9.17, 15) is 9.90 Å². The molecule has 7 heteroatoms. The van der Waals surface area contributed by atoms with Gasteiger partial charge < -0.3 is 15.7 Å². The van der Waals surface area contributed by atoms with E-state index in [0.29, 0.717) is 11.6 Å². The molecule has 0 atom stereocenters. The van der Waals surface area contributed by atoms with Gasteiger partial charge in [-0.3, -0.25) is 4.79 Å². The highest BCUT2D eigenvalue weighted by atomic mass is 16.3. The van der Waals surface area contributed by atoms with Gasteiger partial charge in [0.2, 0.25) is 5.88 Å². The Morgan fingerprint density at radius 2 is 1.45 bits per heavy atom. The first-order chi connectivity index (χ1) is 14.2. The largest absolute Gasteiger partial charge is 0.493 e. The number of nitrogens with one attached hydrogen (secondary N) is 2. The number of pyridine rings is 3. The Morgan fingerprint density at radius 1 is 0.759 bits per heavy atom. The zero-order valence-electron chi connectivity index (χ0n) is 15.3. The van der Waals surface area contributed by atoms with E-state index >= 15 is 0 Å². The van der Waals surface area contributed by atoms with Crippen LogP contribution in [-0.4, -0.2) is 26.0 Å². The molecular formula is C22H17N5O2. The molecule has 29 heavy (non-hydrogen) atoms. The van der Waals surface area contributed by atoms with Gasteiger partial charge in [0.25, 0.3) is 5.91 Å². The first-order valence-electron chi connectivity index (χ1n) is 8.89. The minimum absolute atomic E-state index is 0.0814. The molecule has 0 aliphatic rings. The van der Waals surface area contributed by atoms with Crippen molar-refractivity contribution in [2.24, 2.45) is 0 Å². The molecular weight excluding hydrogens is 366 g/mol. The van der Waals surface area contributed by atoms with E-state index in [1.165, 1.54) is 12.3 Å². The van der Waals surface area contributed by atoms with Gasteiger partial charge in [-0.15, -0.1) is 0 Å². The summed E-state index contributed by atoms with van der Waals surface area (Å²) in [6, 6.07) is 20.2. The van der Waals surface area contributed by atoms with E-state index in [2.05, 4.69) is 25.6 Å². The summed E-state index contributed by atoms with van der Waals surface area (Å²) in [5.74, 6) is 0.259. The molecule has 0 aliphatic carbocycles. The lowest BCUT2D eigenvalue weighted by atomic mass is 10.1. The van der Waals surface area contributed by atoms with Gasteiger partial charge in [0.15, 0.2) is 0 Å². The van der Waals surface area contributed by atoms with Gasteiger partial charge in [-0.2, -0.15) is 0 Å². The quantitative estimate of drug-likeness (QED) is 0.477. The van der Waals surface area contributed by atoms with E-state index < -0.39 is 5.91 Å². The molecule has 4 rings (SSSR count). The lowest BCUT2D eigenvalue weighted by Gasteiger charge is -2.09. The number of amides is 1. The van der Waals surface area contributed by atoms with Crippen LogP contribution in [-0.2, 0) is 0 Å². The van der Waals surface area contributed by atoms with Gasteiger partial charge in [-0.1, -0.05) is 18.2 Å². The van der Waals surface area contributed by atoms with Crippen molar-refractivity contribution in [1.82, 2.24) is 15.0 Å². The predicted molar refractivity (Wildman–Crippen MR) is 111 cm³/mol. The number of rotatable bonds is 5. The fourth-order valence-electron chi connectivity index (χ4n) is 2.78. The van der Waals surface area contributed by atoms with Gasteiger partial charge in [-0.05, 0) is 59.7 Å². The van der Waals surface area contributed by atoms with Gasteiger partial charge >= 0.3 is 0 Å². The van der Waals surface area contributed by atoms with E-state index in [1.54, 1.807) is 24.5 Å². The van der Waals surface area contributed by atoms with Crippen molar-refractivity contribution in [3.63, 3.8) is 0 Å². The molecule has 0 saturated carbocycles. The smallest absolute Gasteiger partial charge is 0.262 e. The minimum Gasteiger partial charge on any atom is -0.493 e. The second kappa shape index (κ2) is 8.18. The molecule has 0 radical (unpaired) electrons. The molecule has 0 unspecified atom stereocenters. The van der Waals surface area contributed by atoms with Crippen LogP contribution in [0.15, 0.2) is 85.3 Å². The Bertz CT molecular complexity index is 1150. The van der Waals surface area contributed by atoms with E-state index in [4.69, 9.17) is 0 Å². The second-order valence-electron chi connectivity index (χ2n) is 6.18. The highest BCUT2D eigenvalue weighted by Crippen LogP contribution is 2.25. The zero-order chi connectivity index (χ0) is 20.1. The highest BCUT2D eigenvalue weighted by molar-refractivity contribution is 6.05. The van der Waals surface area contributed by atoms with E-state index in [1.807, 2.05) is 48.5 Å². The number of carbonyl (C=O) groups excluding carboxylic acids is 1. The molecule has 0 bridgehead atoms. The number of hydrogen-bond donors (Lipinski definition) is 3. The molecule has 0 spiro atoms. The number of aromatic nitrogens is 3. The topological polar surface area (TPSA) is 100 Å². The molecule has 3 aromatic heterocycles. The Hall–Kier alpha value is -4.26. The minimum atomic E-state index is -0.485. The maximum atomic E-state index is 12.4. The third-order valence-corrected chi connectivity index (χ3v) is 4.17. The third kappa shape index (κ3) is 4.36. The van der Waals surface area contributed by atoms with Crippen LogP contribution in [0.1, 0.15) is 10.4 Å². The number of aromatic hydroxyl groups is 1. The van der Waals surface area contributed by atoms with Gasteiger partial charge in [0.05, 0.1) is 0 Å². The maximum absolute atomic E-state index is 12.4. The summed E-state index contributed by atoms with van der Waals surface area (Å²) in [6.45, 7) is 0. The lowest BCUT2D eigenvalue weighted by molar-refractivity contribution is 0.102. The summed E-state index contributed by atoms with van der Waals surface area (Å²) in [4.78, 5) is 24.6. The molecule has 0 aliphatic heterocycles. The number of hydrogen-bond acceptors (Lipinski definition) is 6. The summed E-state index contributed by atoms with van der Waals surface area (Å²) < 4.78 is 0. The molecule has 142 valence electrons.